The summed E-state index contributed by atoms with van der Waals surface area (Å²) in [6.07, 6.45) is 5.40. The molecule has 0 saturated heterocycles. The molecule has 4 rings (SSSR count). The maximum atomic E-state index is 12.8. The molecule has 5 heteroatoms. The zero-order chi connectivity index (χ0) is 23.4. The Balaban J connectivity index is 1.51. The van der Waals surface area contributed by atoms with Crippen molar-refractivity contribution in [3.63, 3.8) is 0 Å². The fourth-order valence-electron chi connectivity index (χ4n) is 5.27. The van der Waals surface area contributed by atoms with Gasteiger partial charge in [0, 0.05) is 18.0 Å². The van der Waals surface area contributed by atoms with Crippen LogP contribution < -0.4 is 15.8 Å². The summed E-state index contributed by atoms with van der Waals surface area (Å²) in [5, 5.41) is 3.86. The molecule has 1 amide bonds. The largest absolute Gasteiger partial charge is 0.493 e. The van der Waals surface area contributed by atoms with Crippen molar-refractivity contribution in [1.29, 1.82) is 0 Å². The van der Waals surface area contributed by atoms with Crippen molar-refractivity contribution in [3.05, 3.63) is 65.4 Å². The van der Waals surface area contributed by atoms with Gasteiger partial charge in [-0.15, -0.1) is 0 Å². The second-order valence-corrected chi connectivity index (χ2v) is 9.51. The van der Waals surface area contributed by atoms with E-state index >= 15 is 0 Å². The lowest BCUT2D eigenvalue weighted by molar-refractivity contribution is 0.0927. The van der Waals surface area contributed by atoms with Gasteiger partial charge >= 0.3 is 0 Å². The lowest BCUT2D eigenvalue weighted by atomic mass is 9.69. The van der Waals surface area contributed by atoms with Gasteiger partial charge in [0.2, 0.25) is 0 Å². The molecule has 176 valence electrons. The number of rotatable bonds is 8. The van der Waals surface area contributed by atoms with Crippen LogP contribution >= 0.6 is 0 Å². The maximum Gasteiger partial charge on any atom is 0.287 e. The Labute approximate surface area is 196 Å². The summed E-state index contributed by atoms with van der Waals surface area (Å²) in [7, 11) is 1.62. The third kappa shape index (κ3) is 5.09. The van der Waals surface area contributed by atoms with Gasteiger partial charge in [-0.3, -0.25) is 4.79 Å². The van der Waals surface area contributed by atoms with E-state index in [0.717, 1.165) is 30.2 Å². The summed E-state index contributed by atoms with van der Waals surface area (Å²) in [4.78, 5) is 12.8. The highest BCUT2D eigenvalue weighted by atomic mass is 16.5. The Morgan fingerprint density at radius 3 is 2.73 bits per heavy atom. The molecule has 33 heavy (non-hydrogen) atoms. The average molecular weight is 449 g/mol. The van der Waals surface area contributed by atoms with E-state index in [1.54, 1.807) is 7.11 Å². The third-order valence-electron chi connectivity index (χ3n) is 7.49. The van der Waals surface area contributed by atoms with Crippen LogP contribution in [0.3, 0.4) is 0 Å². The average Bonchev–Trinajstić information content (AvgIpc) is 3.29. The molecule has 1 fully saturated rings. The third-order valence-corrected chi connectivity index (χ3v) is 7.49. The molecule has 1 heterocycles. The molecule has 2 aromatic carbocycles. The summed E-state index contributed by atoms with van der Waals surface area (Å²) < 4.78 is 11.5. The summed E-state index contributed by atoms with van der Waals surface area (Å²) in [5.74, 6) is 2.35. The van der Waals surface area contributed by atoms with Crippen LogP contribution in [0.4, 0.5) is 0 Å². The molecule has 1 aliphatic rings. The van der Waals surface area contributed by atoms with Gasteiger partial charge in [-0.05, 0) is 60.3 Å². The lowest BCUT2D eigenvalue weighted by Gasteiger charge is -2.38. The number of hydrogen-bond acceptors (Lipinski definition) is 4. The second-order valence-electron chi connectivity index (χ2n) is 9.51. The SMILES string of the molecule is COc1ccc(C(N)C2CCCC(C)C2C)c2cc(C(=O)NCCCc3ccccc3)oc12. The molecule has 4 unspecified atom stereocenters. The van der Waals surface area contributed by atoms with Gasteiger partial charge in [0.05, 0.1) is 7.11 Å². The number of carbonyl (C=O) groups is 1. The number of amides is 1. The van der Waals surface area contributed by atoms with Gasteiger partial charge in [-0.25, -0.2) is 0 Å². The number of carbonyl (C=O) groups excluding carboxylic acids is 1. The minimum absolute atomic E-state index is 0.101. The van der Waals surface area contributed by atoms with Crippen molar-refractivity contribution in [3.8, 4) is 5.75 Å². The molecule has 1 aromatic heterocycles. The minimum atomic E-state index is -0.208. The monoisotopic (exact) mass is 448 g/mol. The minimum Gasteiger partial charge on any atom is -0.493 e. The highest BCUT2D eigenvalue weighted by molar-refractivity contribution is 5.98. The number of ether oxygens (including phenoxy) is 1. The molecule has 1 saturated carbocycles. The summed E-state index contributed by atoms with van der Waals surface area (Å²) in [6, 6.07) is 16.0. The number of furan rings is 1. The first kappa shape index (κ1) is 23.4. The predicted molar refractivity (Wildman–Crippen MR) is 132 cm³/mol. The molecular formula is C28H36N2O3. The first-order valence-corrected chi connectivity index (χ1v) is 12.2. The fraction of sp³-hybridized carbons (Fsp3) is 0.464. The van der Waals surface area contributed by atoms with Gasteiger partial charge in [0.25, 0.3) is 5.91 Å². The number of fused-ring (bicyclic) bond motifs is 1. The van der Waals surface area contributed by atoms with Gasteiger partial charge in [-0.1, -0.05) is 63.1 Å². The Hall–Kier alpha value is -2.79. The van der Waals surface area contributed by atoms with Crippen LogP contribution in [0.25, 0.3) is 11.0 Å². The molecule has 5 nitrogen and oxygen atoms in total. The molecular weight excluding hydrogens is 412 g/mol. The first-order chi connectivity index (χ1) is 16.0. The molecule has 0 radical (unpaired) electrons. The Morgan fingerprint density at radius 2 is 1.97 bits per heavy atom. The normalized spacial score (nSPS) is 21.6. The van der Waals surface area contributed by atoms with Crippen LogP contribution in [0.15, 0.2) is 52.9 Å². The molecule has 1 aliphatic carbocycles. The van der Waals surface area contributed by atoms with Crippen molar-refractivity contribution < 1.29 is 13.9 Å². The Kier molecular flexibility index (Phi) is 7.39. The van der Waals surface area contributed by atoms with Crippen LogP contribution in [0.5, 0.6) is 5.75 Å². The van der Waals surface area contributed by atoms with Gasteiger partial charge < -0.3 is 20.2 Å². The number of methoxy groups -OCH3 is 1. The van der Waals surface area contributed by atoms with Gasteiger partial charge in [0.1, 0.15) is 0 Å². The highest BCUT2D eigenvalue weighted by Gasteiger charge is 2.33. The van der Waals surface area contributed by atoms with E-state index in [1.165, 1.54) is 18.4 Å². The molecule has 3 N–H and O–H groups in total. The van der Waals surface area contributed by atoms with Gasteiger partial charge in [0.15, 0.2) is 17.1 Å². The summed E-state index contributed by atoms with van der Waals surface area (Å²) in [6.45, 7) is 5.23. The van der Waals surface area contributed by atoms with E-state index < -0.39 is 0 Å². The molecule has 0 bridgehead atoms. The van der Waals surface area contributed by atoms with E-state index in [4.69, 9.17) is 14.9 Å². The first-order valence-electron chi connectivity index (χ1n) is 12.2. The predicted octanol–water partition coefficient (Wildman–Crippen LogP) is 5.88. The smallest absolute Gasteiger partial charge is 0.287 e. The summed E-state index contributed by atoms with van der Waals surface area (Å²) in [5.41, 5.74) is 9.73. The van der Waals surface area contributed by atoms with Crippen LogP contribution in [-0.4, -0.2) is 19.6 Å². The van der Waals surface area contributed by atoms with E-state index in [-0.39, 0.29) is 11.9 Å². The number of nitrogens with two attached hydrogens (primary N) is 1. The molecule has 3 aromatic rings. The number of benzene rings is 2. The quantitative estimate of drug-likeness (QED) is 0.422. The van der Waals surface area contributed by atoms with Crippen LogP contribution in [0, 0.1) is 17.8 Å². The van der Waals surface area contributed by atoms with Crippen LogP contribution in [0.2, 0.25) is 0 Å². The molecule has 0 spiro atoms. The van der Waals surface area contributed by atoms with Crippen molar-refractivity contribution in [1.82, 2.24) is 5.32 Å². The van der Waals surface area contributed by atoms with Crippen LogP contribution in [-0.2, 0) is 6.42 Å². The van der Waals surface area contributed by atoms with Gasteiger partial charge in [-0.2, -0.15) is 0 Å². The number of aryl methyl sites for hydroxylation is 1. The van der Waals surface area contributed by atoms with Crippen molar-refractivity contribution in [2.24, 2.45) is 23.5 Å². The number of nitrogens with one attached hydrogen (secondary N) is 1. The van der Waals surface area contributed by atoms with E-state index in [1.807, 2.05) is 36.4 Å². The van der Waals surface area contributed by atoms with Crippen LogP contribution in [0.1, 0.15) is 67.3 Å². The second kappa shape index (κ2) is 10.4. The maximum absolute atomic E-state index is 12.8. The van der Waals surface area contributed by atoms with E-state index in [0.29, 0.717) is 41.4 Å². The zero-order valence-electron chi connectivity index (χ0n) is 20.0. The Morgan fingerprint density at radius 1 is 1.18 bits per heavy atom. The topological polar surface area (TPSA) is 77.5 Å². The fourth-order valence-corrected chi connectivity index (χ4v) is 5.27. The number of hydrogen-bond donors (Lipinski definition) is 2. The van der Waals surface area contributed by atoms with E-state index in [2.05, 4.69) is 31.3 Å². The Bertz CT molecular complexity index is 1080. The lowest BCUT2D eigenvalue weighted by Crippen LogP contribution is -2.33. The molecule has 4 atom stereocenters. The van der Waals surface area contributed by atoms with Crippen molar-refractivity contribution in [2.75, 3.05) is 13.7 Å². The zero-order valence-corrected chi connectivity index (χ0v) is 20.0. The summed E-state index contributed by atoms with van der Waals surface area (Å²) >= 11 is 0. The van der Waals surface area contributed by atoms with Crippen molar-refractivity contribution >= 4 is 16.9 Å². The van der Waals surface area contributed by atoms with E-state index in [9.17, 15) is 4.79 Å². The highest BCUT2D eigenvalue weighted by Crippen LogP contribution is 2.43. The molecule has 0 aliphatic heterocycles. The van der Waals surface area contributed by atoms with Crippen molar-refractivity contribution in [2.45, 2.75) is 52.0 Å². The standard InChI is InChI=1S/C28H36N2O3/c1-18-9-7-13-21(19(18)2)26(29)22-14-15-24(32-3)27-23(22)17-25(33-27)28(31)30-16-8-12-20-10-5-4-6-11-20/h4-6,10-11,14-15,17-19,21,26H,7-9,12-13,16,29H2,1-3H3,(H,30,31).